The molecule has 0 bridgehead atoms. The fraction of sp³-hybridized carbons (Fsp3) is 0.333. The van der Waals surface area contributed by atoms with Gasteiger partial charge in [-0.2, -0.15) is 0 Å². The number of nitrogens with one attached hydrogen (secondary N) is 1. The Morgan fingerprint density at radius 3 is 2.45 bits per heavy atom. The van der Waals surface area contributed by atoms with E-state index in [0.29, 0.717) is 41.4 Å². The molecule has 160 valence electrons. The van der Waals surface area contributed by atoms with Gasteiger partial charge in [0.2, 0.25) is 12.7 Å². The molecule has 1 N–H and O–H groups in total. The van der Waals surface area contributed by atoms with Crippen molar-refractivity contribution in [3.8, 4) is 23.0 Å². The van der Waals surface area contributed by atoms with Gasteiger partial charge in [-0.1, -0.05) is 12.1 Å². The monoisotopic (exact) mass is 421 g/mol. The molecule has 0 spiro atoms. The minimum Gasteiger partial charge on any atom is -0.493 e. The summed E-state index contributed by atoms with van der Waals surface area (Å²) in [6.07, 6.45) is 1.21. The highest BCUT2D eigenvalue weighted by molar-refractivity contribution is 6.02. The Bertz CT molecular complexity index is 1110. The summed E-state index contributed by atoms with van der Waals surface area (Å²) in [7, 11) is 3.18. The van der Waals surface area contributed by atoms with E-state index in [2.05, 4.69) is 5.32 Å². The van der Waals surface area contributed by atoms with Gasteiger partial charge in [0.15, 0.2) is 28.8 Å². The van der Waals surface area contributed by atoms with Crippen molar-refractivity contribution in [1.29, 1.82) is 0 Å². The first kappa shape index (κ1) is 19.5. The molecule has 7 heteroatoms. The first-order chi connectivity index (χ1) is 15.1. The highest BCUT2D eigenvalue weighted by Crippen LogP contribution is 2.45. The van der Waals surface area contributed by atoms with Crippen LogP contribution in [0.5, 0.6) is 23.0 Å². The Labute approximate surface area is 179 Å². The van der Waals surface area contributed by atoms with Crippen molar-refractivity contribution in [1.82, 2.24) is 5.32 Å². The molecule has 2 aromatic rings. The van der Waals surface area contributed by atoms with Gasteiger partial charge in [0, 0.05) is 30.0 Å². The molecule has 0 radical (unpaired) electrons. The van der Waals surface area contributed by atoms with E-state index in [1.165, 1.54) is 0 Å². The van der Waals surface area contributed by atoms with Gasteiger partial charge in [-0.15, -0.1) is 0 Å². The van der Waals surface area contributed by atoms with E-state index >= 15 is 0 Å². The zero-order valence-electron chi connectivity index (χ0n) is 17.4. The van der Waals surface area contributed by atoms with Crippen LogP contribution in [0.3, 0.4) is 0 Å². The predicted octanol–water partition coefficient (Wildman–Crippen LogP) is 3.44. The van der Waals surface area contributed by atoms with Crippen molar-refractivity contribution < 1.29 is 28.5 Å². The fourth-order valence-corrected chi connectivity index (χ4v) is 4.72. The molecular formula is C24H23NO6. The van der Waals surface area contributed by atoms with Gasteiger partial charge in [-0.05, 0) is 47.7 Å². The minimum absolute atomic E-state index is 0.0399. The largest absolute Gasteiger partial charge is 0.493 e. The predicted molar refractivity (Wildman–Crippen MR) is 112 cm³/mol. The maximum absolute atomic E-state index is 13.3. The second kappa shape index (κ2) is 7.65. The maximum atomic E-state index is 13.3. The average molecular weight is 421 g/mol. The first-order valence-electron chi connectivity index (χ1n) is 10.2. The van der Waals surface area contributed by atoms with Crippen LogP contribution < -0.4 is 24.3 Å². The van der Waals surface area contributed by atoms with Crippen molar-refractivity contribution in [3.63, 3.8) is 0 Å². The lowest BCUT2D eigenvalue weighted by Gasteiger charge is -2.34. The van der Waals surface area contributed by atoms with Crippen molar-refractivity contribution >= 4 is 11.7 Å². The smallest absolute Gasteiger partial charge is 0.231 e. The number of ether oxygens (including phenoxy) is 4. The molecule has 7 nitrogen and oxygen atoms in total. The topological polar surface area (TPSA) is 83.1 Å². The summed E-state index contributed by atoms with van der Waals surface area (Å²) in [5.41, 5.74) is 3.30. The number of hydrogen-bond acceptors (Lipinski definition) is 6. The van der Waals surface area contributed by atoms with Crippen LogP contribution in [-0.4, -0.2) is 32.7 Å². The van der Waals surface area contributed by atoms with Crippen molar-refractivity contribution in [3.05, 3.63) is 58.8 Å². The number of ketones is 1. The SMILES string of the molecule is COc1ccc(C2CC(=O)C3=C(C2)NC(=O)CC3c2ccc3c(c2)OCO3)cc1OC. The molecule has 2 unspecified atom stereocenters. The van der Waals surface area contributed by atoms with Gasteiger partial charge in [0.25, 0.3) is 0 Å². The summed E-state index contributed by atoms with van der Waals surface area (Å²) in [5.74, 6) is 2.25. The van der Waals surface area contributed by atoms with Crippen LogP contribution in [-0.2, 0) is 9.59 Å². The van der Waals surface area contributed by atoms with Crippen LogP contribution in [0.4, 0.5) is 0 Å². The van der Waals surface area contributed by atoms with Crippen molar-refractivity contribution in [2.75, 3.05) is 21.0 Å². The quantitative estimate of drug-likeness (QED) is 0.814. The van der Waals surface area contributed by atoms with E-state index in [4.69, 9.17) is 18.9 Å². The molecule has 1 amide bonds. The molecule has 1 aliphatic carbocycles. The summed E-state index contributed by atoms with van der Waals surface area (Å²) in [5, 5.41) is 2.96. The first-order valence-corrected chi connectivity index (χ1v) is 10.2. The summed E-state index contributed by atoms with van der Waals surface area (Å²) in [6, 6.07) is 11.3. The second-order valence-corrected chi connectivity index (χ2v) is 7.95. The van der Waals surface area contributed by atoms with E-state index in [1.54, 1.807) is 14.2 Å². The molecule has 31 heavy (non-hydrogen) atoms. The Hall–Kier alpha value is -3.48. The highest BCUT2D eigenvalue weighted by atomic mass is 16.7. The number of hydrogen-bond donors (Lipinski definition) is 1. The third-order valence-electron chi connectivity index (χ3n) is 6.21. The highest BCUT2D eigenvalue weighted by Gasteiger charge is 2.38. The molecule has 2 aromatic carbocycles. The van der Waals surface area contributed by atoms with Gasteiger partial charge in [0.05, 0.1) is 14.2 Å². The van der Waals surface area contributed by atoms with Gasteiger partial charge < -0.3 is 24.3 Å². The normalized spacial score (nSPS) is 22.1. The summed E-state index contributed by atoms with van der Waals surface area (Å²) in [6.45, 7) is 0.184. The number of Topliss-reactive ketones (excluding diaryl/α,β-unsaturated/α-hetero) is 1. The molecular weight excluding hydrogens is 398 g/mol. The zero-order chi connectivity index (χ0) is 21.5. The third kappa shape index (κ3) is 3.40. The maximum Gasteiger partial charge on any atom is 0.231 e. The molecule has 0 saturated carbocycles. The Balaban J connectivity index is 1.49. The zero-order valence-corrected chi connectivity index (χ0v) is 17.4. The lowest BCUT2D eigenvalue weighted by molar-refractivity contribution is -0.122. The number of fused-ring (bicyclic) bond motifs is 1. The number of benzene rings is 2. The number of carbonyl (C=O) groups is 2. The number of allylic oxidation sites excluding steroid dienone is 2. The summed E-state index contributed by atoms with van der Waals surface area (Å²) >= 11 is 0. The van der Waals surface area contributed by atoms with Gasteiger partial charge in [-0.25, -0.2) is 0 Å². The molecule has 2 heterocycles. The van der Waals surface area contributed by atoms with Crippen LogP contribution >= 0.6 is 0 Å². The van der Waals surface area contributed by atoms with E-state index in [9.17, 15) is 9.59 Å². The molecule has 5 rings (SSSR count). The Morgan fingerprint density at radius 1 is 0.871 bits per heavy atom. The Morgan fingerprint density at radius 2 is 1.65 bits per heavy atom. The van der Waals surface area contributed by atoms with Crippen LogP contribution in [0.1, 0.15) is 42.2 Å². The molecule has 0 saturated heterocycles. The minimum atomic E-state index is -0.280. The van der Waals surface area contributed by atoms with Crippen LogP contribution in [0.25, 0.3) is 0 Å². The molecule has 2 aliphatic heterocycles. The van der Waals surface area contributed by atoms with E-state index in [0.717, 1.165) is 16.8 Å². The fourth-order valence-electron chi connectivity index (χ4n) is 4.72. The van der Waals surface area contributed by atoms with Gasteiger partial charge in [0.1, 0.15) is 0 Å². The van der Waals surface area contributed by atoms with Crippen LogP contribution in [0.2, 0.25) is 0 Å². The molecule has 2 atom stereocenters. The van der Waals surface area contributed by atoms with Crippen LogP contribution in [0.15, 0.2) is 47.7 Å². The molecule has 3 aliphatic rings. The summed E-state index contributed by atoms with van der Waals surface area (Å²) in [4.78, 5) is 25.8. The average Bonchev–Trinajstić information content (AvgIpc) is 3.25. The molecule has 0 fully saturated rings. The van der Waals surface area contributed by atoms with Crippen molar-refractivity contribution in [2.45, 2.75) is 31.1 Å². The van der Waals surface area contributed by atoms with Crippen molar-refractivity contribution in [2.24, 2.45) is 0 Å². The van der Waals surface area contributed by atoms with Gasteiger partial charge in [-0.3, -0.25) is 9.59 Å². The molecule has 0 aromatic heterocycles. The van der Waals surface area contributed by atoms with E-state index < -0.39 is 0 Å². The number of rotatable bonds is 4. The van der Waals surface area contributed by atoms with E-state index in [1.807, 2.05) is 36.4 Å². The number of methoxy groups -OCH3 is 2. The number of amides is 1. The third-order valence-corrected chi connectivity index (χ3v) is 6.21. The Kier molecular flexibility index (Phi) is 4.81. The van der Waals surface area contributed by atoms with Gasteiger partial charge >= 0.3 is 0 Å². The van der Waals surface area contributed by atoms with Crippen LogP contribution in [0, 0.1) is 0 Å². The second-order valence-electron chi connectivity index (χ2n) is 7.95. The lowest BCUT2D eigenvalue weighted by Crippen LogP contribution is -2.38. The lowest BCUT2D eigenvalue weighted by atomic mass is 9.73. The summed E-state index contributed by atoms with van der Waals surface area (Å²) < 4.78 is 21.6. The standard InChI is InChI=1S/C24H23NO6/c1-28-19-5-3-13(9-21(19)29-2)15-7-17-24(18(26)8-15)16(11-23(27)25-17)14-4-6-20-22(10-14)31-12-30-20/h3-6,9-10,15-16H,7-8,11-12H2,1-2H3,(H,25,27). The number of carbonyl (C=O) groups excluding carboxylic acids is 2. The van der Waals surface area contributed by atoms with E-state index in [-0.39, 0.29) is 36.7 Å².